The molecule has 0 aliphatic heterocycles. The molecule has 4 N–H and O–H groups in total. The number of fused-ring (bicyclic) bond motifs is 1. The standard InChI is InChI=1S/C14H13N5O2/c1-19-13(20)10-3-2-8(6-11(10)14(19)21)17-9-4-5-16-12(7-9)18-15/h2-7,15,20-21H,1H3,(H,16,17). The molecule has 0 fully saturated rings. The number of rotatable bonds is 3. The van der Waals surface area contributed by atoms with E-state index in [-0.39, 0.29) is 11.8 Å². The first-order chi connectivity index (χ1) is 10.1. The molecule has 0 aliphatic carbocycles. The Morgan fingerprint density at radius 1 is 1.10 bits per heavy atom. The van der Waals surface area contributed by atoms with Gasteiger partial charge in [0.15, 0.2) is 5.82 Å². The van der Waals surface area contributed by atoms with Crippen molar-refractivity contribution in [1.82, 2.24) is 9.55 Å². The van der Waals surface area contributed by atoms with E-state index in [0.29, 0.717) is 16.6 Å². The van der Waals surface area contributed by atoms with Crippen LogP contribution in [0.15, 0.2) is 41.6 Å². The number of benzene rings is 1. The zero-order valence-corrected chi connectivity index (χ0v) is 11.2. The molecule has 0 saturated heterocycles. The normalized spacial score (nSPS) is 10.7. The smallest absolute Gasteiger partial charge is 0.201 e. The Kier molecular flexibility index (Phi) is 2.94. The molecule has 3 rings (SSSR count). The van der Waals surface area contributed by atoms with Gasteiger partial charge in [-0.25, -0.2) is 10.5 Å². The highest BCUT2D eigenvalue weighted by molar-refractivity contribution is 5.95. The number of pyridine rings is 1. The Labute approximate surface area is 120 Å². The monoisotopic (exact) mass is 283 g/mol. The van der Waals surface area contributed by atoms with Crippen molar-refractivity contribution in [2.45, 2.75) is 0 Å². The van der Waals surface area contributed by atoms with Crippen LogP contribution in [-0.4, -0.2) is 19.8 Å². The molecule has 21 heavy (non-hydrogen) atoms. The third kappa shape index (κ3) is 2.14. The van der Waals surface area contributed by atoms with Gasteiger partial charge in [0.25, 0.3) is 0 Å². The molecule has 0 atom stereocenters. The zero-order valence-electron chi connectivity index (χ0n) is 11.2. The lowest BCUT2D eigenvalue weighted by Crippen LogP contribution is -1.90. The minimum absolute atomic E-state index is 0.00252. The highest BCUT2D eigenvalue weighted by Crippen LogP contribution is 2.37. The number of nitrogens with one attached hydrogen (secondary N) is 2. The highest BCUT2D eigenvalue weighted by Gasteiger charge is 2.13. The predicted molar refractivity (Wildman–Crippen MR) is 78.6 cm³/mol. The summed E-state index contributed by atoms with van der Waals surface area (Å²) in [4.78, 5) is 3.91. The lowest BCUT2D eigenvalue weighted by molar-refractivity contribution is 0.391. The van der Waals surface area contributed by atoms with Crippen LogP contribution in [-0.2, 0) is 7.05 Å². The Balaban J connectivity index is 2.01. The summed E-state index contributed by atoms with van der Waals surface area (Å²) in [5, 5.41) is 27.4. The van der Waals surface area contributed by atoms with E-state index in [1.165, 1.54) is 4.57 Å². The van der Waals surface area contributed by atoms with Gasteiger partial charge in [-0.2, -0.15) is 0 Å². The first-order valence-electron chi connectivity index (χ1n) is 6.21. The molecule has 2 aromatic heterocycles. The topological polar surface area (TPSA) is 107 Å². The quantitative estimate of drug-likeness (QED) is 0.553. The number of hydrogen-bond acceptors (Lipinski definition) is 6. The summed E-state index contributed by atoms with van der Waals surface area (Å²) in [6.07, 6.45) is 1.56. The van der Waals surface area contributed by atoms with E-state index in [4.69, 9.17) is 5.53 Å². The van der Waals surface area contributed by atoms with E-state index in [2.05, 4.69) is 15.4 Å². The Hall–Kier alpha value is -3.09. The average molecular weight is 283 g/mol. The van der Waals surface area contributed by atoms with Gasteiger partial charge in [-0.15, -0.1) is 5.11 Å². The van der Waals surface area contributed by atoms with E-state index in [9.17, 15) is 10.2 Å². The molecule has 0 bridgehead atoms. The number of aromatic nitrogens is 2. The third-order valence-electron chi connectivity index (χ3n) is 3.29. The molecule has 0 amide bonds. The lowest BCUT2D eigenvalue weighted by atomic mass is 10.2. The first kappa shape index (κ1) is 12.9. The van der Waals surface area contributed by atoms with Crippen LogP contribution < -0.4 is 5.32 Å². The van der Waals surface area contributed by atoms with Gasteiger partial charge in [0, 0.05) is 41.5 Å². The average Bonchev–Trinajstić information content (AvgIpc) is 2.72. The Morgan fingerprint density at radius 3 is 2.57 bits per heavy atom. The fourth-order valence-electron chi connectivity index (χ4n) is 2.19. The van der Waals surface area contributed by atoms with Gasteiger partial charge in [-0.05, 0) is 24.3 Å². The maximum Gasteiger partial charge on any atom is 0.201 e. The second-order valence-electron chi connectivity index (χ2n) is 4.61. The molecule has 0 aliphatic rings. The Bertz CT molecular complexity index is 841. The third-order valence-corrected chi connectivity index (χ3v) is 3.29. The highest BCUT2D eigenvalue weighted by atomic mass is 16.3. The number of nitrogens with zero attached hydrogens (tertiary/aromatic N) is 3. The maximum absolute atomic E-state index is 9.98. The second-order valence-corrected chi connectivity index (χ2v) is 4.61. The van der Waals surface area contributed by atoms with E-state index in [1.807, 2.05) is 0 Å². The van der Waals surface area contributed by atoms with Gasteiger partial charge in [0.1, 0.15) is 0 Å². The first-order valence-corrected chi connectivity index (χ1v) is 6.21. The van der Waals surface area contributed by atoms with Crippen molar-refractivity contribution in [2.75, 3.05) is 5.32 Å². The number of anilines is 2. The van der Waals surface area contributed by atoms with Gasteiger partial charge in [-0.3, -0.25) is 4.57 Å². The molecule has 7 heteroatoms. The summed E-state index contributed by atoms with van der Waals surface area (Å²) in [6.45, 7) is 0. The van der Waals surface area contributed by atoms with Gasteiger partial charge >= 0.3 is 0 Å². The van der Waals surface area contributed by atoms with Crippen LogP contribution in [0.4, 0.5) is 17.2 Å². The summed E-state index contributed by atoms with van der Waals surface area (Å²) < 4.78 is 1.32. The van der Waals surface area contributed by atoms with Crippen LogP contribution in [0.5, 0.6) is 11.8 Å². The number of aromatic hydroxyl groups is 2. The van der Waals surface area contributed by atoms with Crippen LogP contribution in [0.2, 0.25) is 0 Å². The minimum atomic E-state index is 0.00252. The largest absolute Gasteiger partial charge is 0.494 e. The van der Waals surface area contributed by atoms with E-state index in [1.54, 1.807) is 43.6 Å². The molecular weight excluding hydrogens is 270 g/mol. The molecule has 0 unspecified atom stereocenters. The van der Waals surface area contributed by atoms with Gasteiger partial charge < -0.3 is 15.5 Å². The van der Waals surface area contributed by atoms with Crippen LogP contribution in [0, 0.1) is 5.53 Å². The molecular formula is C14H13N5O2. The van der Waals surface area contributed by atoms with E-state index in [0.717, 1.165) is 11.4 Å². The van der Waals surface area contributed by atoms with Crippen LogP contribution in [0.3, 0.4) is 0 Å². The van der Waals surface area contributed by atoms with Gasteiger partial charge in [-0.1, -0.05) is 0 Å². The predicted octanol–water partition coefficient (Wildman–Crippen LogP) is 3.39. The molecule has 106 valence electrons. The van der Waals surface area contributed by atoms with E-state index >= 15 is 0 Å². The molecule has 7 nitrogen and oxygen atoms in total. The molecule has 0 spiro atoms. The van der Waals surface area contributed by atoms with Crippen molar-refractivity contribution in [1.29, 1.82) is 5.53 Å². The fourth-order valence-corrected chi connectivity index (χ4v) is 2.19. The van der Waals surface area contributed by atoms with Crippen molar-refractivity contribution in [3.8, 4) is 11.8 Å². The van der Waals surface area contributed by atoms with E-state index < -0.39 is 0 Å². The number of hydrogen-bond donors (Lipinski definition) is 4. The zero-order chi connectivity index (χ0) is 15.0. The van der Waals surface area contributed by atoms with Crippen LogP contribution >= 0.6 is 0 Å². The fraction of sp³-hybridized carbons (Fsp3) is 0.0714. The summed E-state index contributed by atoms with van der Waals surface area (Å²) in [5.41, 5.74) is 8.43. The van der Waals surface area contributed by atoms with Crippen molar-refractivity contribution in [3.05, 3.63) is 36.5 Å². The molecule has 3 aromatic rings. The SMILES string of the molecule is Cn1c(O)c2ccc(Nc3ccnc(N=N)c3)cc2c1O. The molecule has 0 saturated carbocycles. The molecule has 0 radical (unpaired) electrons. The Morgan fingerprint density at radius 2 is 1.81 bits per heavy atom. The summed E-state index contributed by atoms with van der Waals surface area (Å²) >= 11 is 0. The van der Waals surface area contributed by atoms with Crippen molar-refractivity contribution in [3.63, 3.8) is 0 Å². The van der Waals surface area contributed by atoms with Gasteiger partial charge in [0.2, 0.25) is 11.8 Å². The molecule has 2 heterocycles. The van der Waals surface area contributed by atoms with Gasteiger partial charge in [0.05, 0.1) is 0 Å². The van der Waals surface area contributed by atoms with Crippen molar-refractivity contribution >= 4 is 28.0 Å². The molecule has 1 aromatic carbocycles. The minimum Gasteiger partial charge on any atom is -0.494 e. The van der Waals surface area contributed by atoms with Crippen molar-refractivity contribution < 1.29 is 10.2 Å². The second kappa shape index (κ2) is 4.78. The lowest BCUT2D eigenvalue weighted by Gasteiger charge is -2.06. The summed E-state index contributed by atoms with van der Waals surface area (Å²) in [7, 11) is 1.59. The van der Waals surface area contributed by atoms with Crippen LogP contribution in [0.1, 0.15) is 0 Å². The summed E-state index contributed by atoms with van der Waals surface area (Å²) in [6, 6.07) is 8.65. The summed E-state index contributed by atoms with van der Waals surface area (Å²) in [5.74, 6) is 0.331. The van der Waals surface area contributed by atoms with Crippen LogP contribution in [0.25, 0.3) is 10.8 Å². The van der Waals surface area contributed by atoms with Crippen molar-refractivity contribution in [2.24, 2.45) is 12.2 Å². The maximum atomic E-state index is 9.98.